The normalized spacial score (nSPS) is 11.7. The van der Waals surface area contributed by atoms with Gasteiger partial charge in [-0.25, -0.2) is 4.98 Å². The summed E-state index contributed by atoms with van der Waals surface area (Å²) in [7, 11) is -0.229. The minimum absolute atomic E-state index is 0. The summed E-state index contributed by atoms with van der Waals surface area (Å²) >= 11 is 0. The van der Waals surface area contributed by atoms with Gasteiger partial charge in [-0.05, 0) is 73.6 Å². The summed E-state index contributed by atoms with van der Waals surface area (Å²) < 4.78 is 0. The first-order valence-corrected chi connectivity index (χ1v) is 15.4. The Kier molecular flexibility index (Phi) is 12.8. The van der Waals surface area contributed by atoms with Crippen LogP contribution in [0.25, 0.3) is 21.8 Å². The molecule has 2 aromatic carbocycles. The summed E-state index contributed by atoms with van der Waals surface area (Å²) in [5.74, 6) is 0. The van der Waals surface area contributed by atoms with E-state index in [4.69, 9.17) is 0 Å². The van der Waals surface area contributed by atoms with Gasteiger partial charge in [-0.2, -0.15) is 0 Å². The number of pyridine rings is 1. The number of nitrogens with zero attached hydrogens (tertiary/aromatic N) is 1. The van der Waals surface area contributed by atoms with E-state index in [2.05, 4.69) is 78.6 Å². The molecule has 0 radical (unpaired) electrons. The molecule has 0 amide bonds. The van der Waals surface area contributed by atoms with Gasteiger partial charge >= 0.3 is 0 Å². The molecular formula is C27H43NNiP2+2. The summed E-state index contributed by atoms with van der Waals surface area (Å²) in [5, 5.41) is 2.40. The van der Waals surface area contributed by atoms with Crippen molar-refractivity contribution in [1.29, 1.82) is 0 Å². The molecule has 0 saturated carbocycles. The van der Waals surface area contributed by atoms with Gasteiger partial charge in [-0.1, -0.05) is 36.4 Å². The van der Waals surface area contributed by atoms with Crippen molar-refractivity contribution in [1.82, 2.24) is 4.98 Å². The van der Waals surface area contributed by atoms with E-state index in [0.29, 0.717) is 0 Å². The Hall–Kier alpha value is -0.536. The standard InChI is InChI=1S/C14H32P2.C13H9N.Ni/c1-11(2)15(12(3)4)9-10-16(13(5)6)14(7)8;1-3-7-12-10(5-1)9-11-6-2-4-8-13(11)14-12;/h11-14H,9-10H2,1-8H3;1-9H;/p+2. The fraction of sp³-hybridized carbons (Fsp3) is 0.519. The van der Waals surface area contributed by atoms with Gasteiger partial charge in [0.05, 0.1) is 46.0 Å². The summed E-state index contributed by atoms with van der Waals surface area (Å²) in [6, 6.07) is 18.6. The van der Waals surface area contributed by atoms with Crippen LogP contribution in [0.3, 0.4) is 0 Å². The van der Waals surface area contributed by atoms with Gasteiger partial charge in [0, 0.05) is 43.1 Å². The molecule has 1 heterocycles. The van der Waals surface area contributed by atoms with E-state index in [9.17, 15) is 0 Å². The third-order valence-electron chi connectivity index (χ3n) is 6.09. The summed E-state index contributed by atoms with van der Waals surface area (Å²) in [4.78, 5) is 4.58. The van der Waals surface area contributed by atoms with Crippen molar-refractivity contribution >= 4 is 37.6 Å². The van der Waals surface area contributed by atoms with E-state index in [1.807, 2.05) is 36.4 Å². The van der Waals surface area contributed by atoms with Crippen LogP contribution in [0.5, 0.6) is 0 Å². The maximum Gasteiger partial charge on any atom is 0.0910 e. The quantitative estimate of drug-likeness (QED) is 0.180. The van der Waals surface area contributed by atoms with Gasteiger partial charge in [0.1, 0.15) is 0 Å². The maximum atomic E-state index is 4.58. The summed E-state index contributed by atoms with van der Waals surface area (Å²) in [6.07, 6.45) is 3.12. The molecule has 0 bridgehead atoms. The smallest absolute Gasteiger partial charge is 0.0910 e. The number of rotatable bonds is 7. The van der Waals surface area contributed by atoms with Crippen LogP contribution in [0.1, 0.15) is 55.4 Å². The number of benzene rings is 2. The van der Waals surface area contributed by atoms with Gasteiger partial charge in [-0.15, -0.1) is 0 Å². The monoisotopic (exact) mass is 501 g/mol. The average Bonchev–Trinajstić information content (AvgIpc) is 2.68. The number of fused-ring (bicyclic) bond motifs is 2. The Bertz CT molecular complexity index is 767. The molecule has 0 aliphatic carbocycles. The average molecular weight is 502 g/mol. The van der Waals surface area contributed by atoms with Gasteiger partial charge < -0.3 is 0 Å². The van der Waals surface area contributed by atoms with E-state index >= 15 is 0 Å². The molecule has 174 valence electrons. The van der Waals surface area contributed by atoms with E-state index < -0.39 is 0 Å². The molecule has 3 rings (SSSR count). The van der Waals surface area contributed by atoms with Crippen molar-refractivity contribution in [3.8, 4) is 0 Å². The molecular weight excluding hydrogens is 459 g/mol. The van der Waals surface area contributed by atoms with Gasteiger partial charge in [-0.3, -0.25) is 0 Å². The Labute approximate surface area is 203 Å². The Morgan fingerprint density at radius 2 is 0.903 bits per heavy atom. The number of aromatic nitrogens is 1. The summed E-state index contributed by atoms with van der Waals surface area (Å²) in [5.41, 5.74) is 5.93. The molecule has 0 unspecified atom stereocenters. The molecule has 0 spiro atoms. The first-order chi connectivity index (χ1) is 14.2. The largest absolute Gasteiger partial charge is 0.248 e. The first-order valence-electron chi connectivity index (χ1n) is 11.7. The number of para-hydroxylation sites is 2. The van der Waals surface area contributed by atoms with Crippen LogP contribution in [-0.2, 0) is 16.5 Å². The maximum absolute atomic E-state index is 4.58. The van der Waals surface area contributed by atoms with Crippen LogP contribution in [0, 0.1) is 0 Å². The van der Waals surface area contributed by atoms with Crippen molar-refractivity contribution in [2.75, 3.05) is 12.3 Å². The van der Waals surface area contributed by atoms with Crippen LogP contribution in [0.4, 0.5) is 0 Å². The second-order valence-electron chi connectivity index (χ2n) is 9.64. The molecule has 1 aromatic heterocycles. The molecule has 0 atom stereocenters. The Morgan fingerprint density at radius 3 is 1.23 bits per heavy atom. The first kappa shape index (κ1) is 28.5. The number of hydrogen-bond acceptors (Lipinski definition) is 1. The predicted molar refractivity (Wildman–Crippen MR) is 146 cm³/mol. The van der Waals surface area contributed by atoms with Crippen molar-refractivity contribution < 1.29 is 16.5 Å². The molecule has 0 saturated heterocycles. The van der Waals surface area contributed by atoms with Crippen molar-refractivity contribution in [2.45, 2.75) is 78.0 Å². The fourth-order valence-electron chi connectivity index (χ4n) is 4.50. The van der Waals surface area contributed by atoms with E-state index in [1.165, 1.54) is 10.8 Å². The minimum atomic E-state index is -0.114. The van der Waals surface area contributed by atoms with E-state index in [-0.39, 0.29) is 32.3 Å². The van der Waals surface area contributed by atoms with Crippen LogP contribution < -0.4 is 0 Å². The second kappa shape index (κ2) is 13.9. The Balaban J connectivity index is 0.000000301. The molecule has 31 heavy (non-hydrogen) atoms. The van der Waals surface area contributed by atoms with Crippen molar-refractivity contribution in [2.24, 2.45) is 0 Å². The van der Waals surface area contributed by atoms with E-state index in [0.717, 1.165) is 33.7 Å². The molecule has 3 aromatic rings. The minimum Gasteiger partial charge on any atom is -0.248 e. The van der Waals surface area contributed by atoms with Crippen LogP contribution >= 0.6 is 15.8 Å². The van der Waals surface area contributed by atoms with Gasteiger partial charge in [0.2, 0.25) is 0 Å². The van der Waals surface area contributed by atoms with Crippen LogP contribution in [0.2, 0.25) is 0 Å². The predicted octanol–water partition coefficient (Wildman–Crippen LogP) is 8.43. The van der Waals surface area contributed by atoms with Crippen LogP contribution in [0.15, 0.2) is 54.6 Å². The zero-order valence-corrected chi connectivity index (χ0v) is 23.7. The zero-order chi connectivity index (χ0) is 22.3. The zero-order valence-electron chi connectivity index (χ0n) is 20.7. The molecule has 0 aliphatic rings. The third-order valence-corrected chi connectivity index (χ3v) is 14.2. The SMILES string of the molecule is CC(C)[PH+](CC[PH+](C(C)C)C(C)C)C(C)C.[Ni].c1ccc2nc3ccccc3cc2c1. The van der Waals surface area contributed by atoms with Crippen molar-refractivity contribution in [3.63, 3.8) is 0 Å². The van der Waals surface area contributed by atoms with Gasteiger partial charge in [0.15, 0.2) is 0 Å². The fourth-order valence-corrected chi connectivity index (χ4v) is 11.8. The Morgan fingerprint density at radius 1 is 0.581 bits per heavy atom. The summed E-state index contributed by atoms with van der Waals surface area (Å²) in [6.45, 7) is 19.5. The molecule has 0 fully saturated rings. The molecule has 4 heteroatoms. The molecule has 0 aliphatic heterocycles. The van der Waals surface area contributed by atoms with Crippen LogP contribution in [-0.4, -0.2) is 39.9 Å². The third kappa shape index (κ3) is 8.73. The topological polar surface area (TPSA) is 12.9 Å². The molecule has 1 nitrogen and oxygen atoms in total. The number of hydrogen-bond donors (Lipinski definition) is 0. The molecule has 0 N–H and O–H groups in total. The second-order valence-corrected chi connectivity index (χ2v) is 17.6. The van der Waals surface area contributed by atoms with E-state index in [1.54, 1.807) is 12.3 Å². The van der Waals surface area contributed by atoms with Crippen molar-refractivity contribution in [3.05, 3.63) is 54.6 Å². The van der Waals surface area contributed by atoms with Gasteiger partial charge in [0.25, 0.3) is 0 Å².